The van der Waals surface area contributed by atoms with Crippen LogP contribution in [0.4, 0.5) is 5.69 Å². The molecule has 5 aromatic rings. The van der Waals surface area contributed by atoms with Gasteiger partial charge in [-0.1, -0.05) is 78.4 Å². The second-order valence-electron chi connectivity index (χ2n) is 8.74. The predicted molar refractivity (Wildman–Crippen MR) is 142 cm³/mol. The van der Waals surface area contributed by atoms with Crippen LogP contribution in [-0.2, 0) is 13.1 Å². The zero-order chi connectivity index (χ0) is 24.9. The fraction of sp³-hybridized carbons (Fsp3) is 0.100. The van der Waals surface area contributed by atoms with E-state index in [1.165, 1.54) is 5.56 Å². The van der Waals surface area contributed by atoms with E-state index in [4.69, 9.17) is 0 Å². The molecule has 2 N–H and O–H groups in total. The van der Waals surface area contributed by atoms with Crippen LogP contribution in [0, 0.1) is 6.92 Å². The maximum Gasteiger partial charge on any atom is 0.255 e. The van der Waals surface area contributed by atoms with Crippen LogP contribution in [0.25, 0.3) is 11.0 Å². The molecule has 2 heterocycles. The molecule has 0 spiro atoms. The van der Waals surface area contributed by atoms with Gasteiger partial charge < -0.3 is 15.2 Å². The van der Waals surface area contributed by atoms with Crippen LogP contribution in [0.3, 0.4) is 0 Å². The Bertz CT molecular complexity index is 1510. The van der Waals surface area contributed by atoms with Gasteiger partial charge in [0.15, 0.2) is 0 Å². The lowest BCUT2D eigenvalue weighted by atomic mass is 10.1. The molecule has 3 aromatic carbocycles. The van der Waals surface area contributed by atoms with Gasteiger partial charge in [-0.2, -0.15) is 0 Å². The van der Waals surface area contributed by atoms with E-state index in [2.05, 4.69) is 15.6 Å². The Hall–Kier alpha value is -4.71. The van der Waals surface area contributed by atoms with E-state index in [9.17, 15) is 9.59 Å². The number of anilines is 1. The number of aryl methyl sites for hydroxylation is 1. The van der Waals surface area contributed by atoms with Crippen LogP contribution in [0.1, 0.15) is 37.4 Å². The van der Waals surface area contributed by atoms with Crippen molar-refractivity contribution in [1.29, 1.82) is 0 Å². The first-order valence-electron chi connectivity index (χ1n) is 11.8. The lowest BCUT2D eigenvalue weighted by Crippen LogP contribution is -2.22. The molecule has 178 valence electrons. The lowest BCUT2D eigenvalue weighted by molar-refractivity contribution is 0.0951. The summed E-state index contributed by atoms with van der Waals surface area (Å²) in [6, 6.07) is 28.9. The summed E-state index contributed by atoms with van der Waals surface area (Å²) >= 11 is 0. The SMILES string of the molecule is Cc1ccc(CNC(=O)c2cn(Cc3ccccc3)c3ncc(NC(=O)c4ccccc4)cc23)cc1. The Labute approximate surface area is 209 Å². The van der Waals surface area contributed by atoms with Crippen molar-refractivity contribution in [2.24, 2.45) is 0 Å². The number of benzene rings is 3. The van der Waals surface area contributed by atoms with Gasteiger partial charge in [-0.25, -0.2) is 4.98 Å². The van der Waals surface area contributed by atoms with Gasteiger partial charge in [0.2, 0.25) is 0 Å². The van der Waals surface area contributed by atoms with E-state index >= 15 is 0 Å². The molecule has 5 rings (SSSR count). The summed E-state index contributed by atoms with van der Waals surface area (Å²) in [7, 11) is 0. The number of aromatic nitrogens is 2. The smallest absolute Gasteiger partial charge is 0.255 e. The van der Waals surface area contributed by atoms with E-state index in [1.54, 1.807) is 18.3 Å². The van der Waals surface area contributed by atoms with Crippen molar-refractivity contribution < 1.29 is 9.59 Å². The Balaban J connectivity index is 1.46. The first kappa shape index (κ1) is 23.1. The van der Waals surface area contributed by atoms with Crippen LogP contribution < -0.4 is 10.6 Å². The molecular weight excluding hydrogens is 448 g/mol. The third kappa shape index (κ3) is 5.18. The number of fused-ring (bicyclic) bond motifs is 1. The highest BCUT2D eigenvalue weighted by atomic mass is 16.2. The molecule has 0 saturated heterocycles. The van der Waals surface area contributed by atoms with Gasteiger partial charge in [-0.3, -0.25) is 9.59 Å². The summed E-state index contributed by atoms with van der Waals surface area (Å²) in [5.41, 5.74) is 5.57. The minimum atomic E-state index is -0.231. The maximum absolute atomic E-state index is 13.3. The van der Waals surface area contributed by atoms with Crippen LogP contribution in [-0.4, -0.2) is 21.4 Å². The van der Waals surface area contributed by atoms with Gasteiger partial charge in [-0.05, 0) is 36.2 Å². The quantitative estimate of drug-likeness (QED) is 0.324. The third-order valence-electron chi connectivity index (χ3n) is 6.02. The third-order valence-corrected chi connectivity index (χ3v) is 6.02. The molecule has 0 saturated carbocycles. The summed E-state index contributed by atoms with van der Waals surface area (Å²) in [6.07, 6.45) is 3.45. The van der Waals surface area contributed by atoms with Crippen LogP contribution in [0.15, 0.2) is 103 Å². The predicted octanol–water partition coefficient (Wildman–Crippen LogP) is 5.58. The molecule has 0 aliphatic rings. The zero-order valence-corrected chi connectivity index (χ0v) is 19.9. The van der Waals surface area contributed by atoms with Crippen LogP contribution in [0.2, 0.25) is 0 Å². The number of hydrogen-bond donors (Lipinski definition) is 2. The van der Waals surface area contributed by atoms with Crippen molar-refractivity contribution in [3.05, 3.63) is 131 Å². The monoisotopic (exact) mass is 474 g/mol. The molecule has 0 unspecified atom stereocenters. The summed E-state index contributed by atoms with van der Waals surface area (Å²) in [6.45, 7) is 3.03. The fourth-order valence-corrected chi connectivity index (χ4v) is 4.10. The molecule has 0 fully saturated rings. The number of hydrogen-bond acceptors (Lipinski definition) is 3. The zero-order valence-electron chi connectivity index (χ0n) is 19.9. The first-order chi connectivity index (χ1) is 17.6. The van der Waals surface area contributed by atoms with E-state index in [-0.39, 0.29) is 11.8 Å². The Morgan fingerprint density at radius 1 is 0.833 bits per heavy atom. The standard InChI is InChI=1S/C30H26N4O2/c1-21-12-14-22(15-13-21)17-32-30(36)27-20-34(19-23-8-4-2-5-9-23)28-26(27)16-25(18-31-28)33-29(35)24-10-6-3-7-11-24/h2-16,18,20H,17,19H2,1H3,(H,32,36)(H,33,35). The fourth-order valence-electron chi connectivity index (χ4n) is 4.10. The van der Waals surface area contributed by atoms with E-state index in [0.717, 1.165) is 11.1 Å². The molecule has 36 heavy (non-hydrogen) atoms. The Morgan fingerprint density at radius 2 is 1.53 bits per heavy atom. The number of amides is 2. The molecule has 0 aliphatic heterocycles. The van der Waals surface area contributed by atoms with Gasteiger partial charge >= 0.3 is 0 Å². The van der Waals surface area contributed by atoms with Crippen molar-refractivity contribution in [2.45, 2.75) is 20.0 Å². The van der Waals surface area contributed by atoms with E-state index in [1.807, 2.05) is 96.6 Å². The second-order valence-corrected chi connectivity index (χ2v) is 8.74. The molecule has 0 bridgehead atoms. The van der Waals surface area contributed by atoms with Crippen molar-refractivity contribution in [3.8, 4) is 0 Å². The van der Waals surface area contributed by atoms with Crippen molar-refractivity contribution in [1.82, 2.24) is 14.9 Å². The van der Waals surface area contributed by atoms with E-state index < -0.39 is 0 Å². The van der Waals surface area contributed by atoms with Crippen LogP contribution in [0.5, 0.6) is 0 Å². The normalized spacial score (nSPS) is 10.8. The molecular formula is C30H26N4O2. The molecule has 0 aliphatic carbocycles. The number of carbonyl (C=O) groups excluding carboxylic acids is 2. The molecule has 2 amide bonds. The highest BCUT2D eigenvalue weighted by Crippen LogP contribution is 2.25. The minimum Gasteiger partial charge on any atom is -0.348 e. The number of nitrogens with zero attached hydrogens (tertiary/aromatic N) is 2. The summed E-state index contributed by atoms with van der Waals surface area (Å²) in [5.74, 6) is -0.424. The molecule has 0 atom stereocenters. The number of carbonyl (C=O) groups is 2. The number of rotatable bonds is 7. The maximum atomic E-state index is 13.3. The summed E-state index contributed by atoms with van der Waals surface area (Å²) in [5, 5.41) is 6.60. The van der Waals surface area contributed by atoms with Gasteiger partial charge in [0.05, 0.1) is 17.4 Å². The lowest BCUT2D eigenvalue weighted by Gasteiger charge is -2.07. The van der Waals surface area contributed by atoms with E-state index in [0.29, 0.717) is 40.9 Å². The molecule has 6 nitrogen and oxygen atoms in total. The number of nitrogens with one attached hydrogen (secondary N) is 2. The van der Waals surface area contributed by atoms with Gasteiger partial charge in [0, 0.05) is 30.2 Å². The van der Waals surface area contributed by atoms with Gasteiger partial charge in [-0.15, -0.1) is 0 Å². The van der Waals surface area contributed by atoms with Gasteiger partial charge in [0.25, 0.3) is 11.8 Å². The number of pyridine rings is 1. The first-order valence-corrected chi connectivity index (χ1v) is 11.8. The highest BCUT2D eigenvalue weighted by molar-refractivity contribution is 6.08. The van der Waals surface area contributed by atoms with Gasteiger partial charge in [0.1, 0.15) is 5.65 Å². The van der Waals surface area contributed by atoms with Crippen LogP contribution >= 0.6 is 0 Å². The molecule has 6 heteroatoms. The molecule has 2 aromatic heterocycles. The average Bonchev–Trinajstić information content (AvgIpc) is 3.26. The summed E-state index contributed by atoms with van der Waals surface area (Å²) < 4.78 is 1.97. The molecule has 0 radical (unpaired) electrons. The largest absolute Gasteiger partial charge is 0.348 e. The topological polar surface area (TPSA) is 76.0 Å². The highest BCUT2D eigenvalue weighted by Gasteiger charge is 2.18. The Kier molecular flexibility index (Phi) is 6.58. The van der Waals surface area contributed by atoms with Crippen molar-refractivity contribution in [3.63, 3.8) is 0 Å². The minimum absolute atomic E-state index is 0.194. The average molecular weight is 475 g/mol. The van der Waals surface area contributed by atoms with Crippen molar-refractivity contribution >= 4 is 28.5 Å². The van der Waals surface area contributed by atoms with Crippen molar-refractivity contribution in [2.75, 3.05) is 5.32 Å². The summed E-state index contributed by atoms with van der Waals surface area (Å²) in [4.78, 5) is 30.6. The second kappa shape index (κ2) is 10.3. The Morgan fingerprint density at radius 3 is 2.25 bits per heavy atom.